The van der Waals surface area contributed by atoms with Gasteiger partial charge in [0, 0.05) is 32.1 Å². The van der Waals surface area contributed by atoms with Crippen molar-refractivity contribution in [2.45, 2.75) is 39.2 Å². The van der Waals surface area contributed by atoms with Crippen molar-refractivity contribution in [2.24, 2.45) is 11.8 Å². The van der Waals surface area contributed by atoms with Crippen molar-refractivity contribution in [1.29, 1.82) is 0 Å². The van der Waals surface area contributed by atoms with Gasteiger partial charge in [-0.2, -0.15) is 0 Å². The second-order valence-electron chi connectivity index (χ2n) is 7.92. The Bertz CT molecular complexity index is 676. The number of hydrogen-bond acceptors (Lipinski definition) is 4. The fourth-order valence-corrected chi connectivity index (χ4v) is 4.09. The molecule has 0 aromatic heterocycles. The lowest BCUT2D eigenvalue weighted by atomic mass is 9.96. The third-order valence-corrected chi connectivity index (χ3v) is 5.72. The normalized spacial score (nSPS) is 23.7. The van der Waals surface area contributed by atoms with Crippen molar-refractivity contribution in [1.82, 2.24) is 10.2 Å². The lowest BCUT2D eigenvalue weighted by molar-refractivity contribution is -0.126. The monoisotopic (exact) mass is 373 g/mol. The summed E-state index contributed by atoms with van der Waals surface area (Å²) in [6, 6.07) is 7.99. The Morgan fingerprint density at radius 3 is 2.81 bits per heavy atom. The predicted molar refractivity (Wildman–Crippen MR) is 106 cm³/mol. The summed E-state index contributed by atoms with van der Waals surface area (Å²) in [6.45, 7) is 7.73. The van der Waals surface area contributed by atoms with Crippen molar-refractivity contribution in [3.05, 3.63) is 24.3 Å². The number of likely N-dealkylation sites (tertiary alicyclic amines) is 1. The molecule has 2 heterocycles. The van der Waals surface area contributed by atoms with Crippen LogP contribution in [-0.2, 0) is 9.59 Å². The van der Waals surface area contributed by atoms with E-state index in [0.29, 0.717) is 30.8 Å². The molecular formula is C21H31N3O3. The summed E-state index contributed by atoms with van der Waals surface area (Å²) in [5, 5.41) is 3.10. The molecule has 148 valence electrons. The van der Waals surface area contributed by atoms with E-state index in [4.69, 9.17) is 4.74 Å². The average molecular weight is 373 g/mol. The molecule has 2 saturated heterocycles. The maximum Gasteiger partial charge on any atom is 0.227 e. The van der Waals surface area contributed by atoms with E-state index < -0.39 is 0 Å². The molecule has 0 radical (unpaired) electrons. The summed E-state index contributed by atoms with van der Waals surface area (Å²) in [6.07, 6.45) is 2.59. The van der Waals surface area contributed by atoms with Gasteiger partial charge in [-0.25, -0.2) is 0 Å². The Labute approximate surface area is 161 Å². The van der Waals surface area contributed by atoms with Gasteiger partial charge in [-0.1, -0.05) is 12.1 Å². The van der Waals surface area contributed by atoms with Crippen molar-refractivity contribution in [3.8, 4) is 5.75 Å². The van der Waals surface area contributed by atoms with Crippen LogP contribution >= 0.6 is 0 Å². The molecule has 27 heavy (non-hydrogen) atoms. The minimum Gasteiger partial charge on any atom is -0.495 e. The molecule has 2 fully saturated rings. The van der Waals surface area contributed by atoms with E-state index in [0.717, 1.165) is 25.2 Å². The quantitative estimate of drug-likeness (QED) is 0.831. The molecule has 0 spiro atoms. The number of amides is 2. The zero-order valence-electron chi connectivity index (χ0n) is 16.6. The molecule has 1 aromatic rings. The molecule has 2 aliphatic rings. The SMILES string of the molecule is COc1ccccc1N1C[C@@H](C(=O)NC[C@H]2CCCN(C(C)C)C2)CC1=O. The fourth-order valence-electron chi connectivity index (χ4n) is 4.09. The molecule has 6 nitrogen and oxygen atoms in total. The van der Waals surface area contributed by atoms with Gasteiger partial charge in [0.1, 0.15) is 5.75 Å². The van der Waals surface area contributed by atoms with Gasteiger partial charge in [-0.3, -0.25) is 9.59 Å². The van der Waals surface area contributed by atoms with E-state index >= 15 is 0 Å². The van der Waals surface area contributed by atoms with Crippen molar-refractivity contribution in [3.63, 3.8) is 0 Å². The van der Waals surface area contributed by atoms with E-state index in [2.05, 4.69) is 24.1 Å². The number of hydrogen-bond donors (Lipinski definition) is 1. The molecule has 0 saturated carbocycles. The molecule has 0 aliphatic carbocycles. The Morgan fingerprint density at radius 1 is 1.30 bits per heavy atom. The average Bonchev–Trinajstić information content (AvgIpc) is 3.07. The summed E-state index contributed by atoms with van der Waals surface area (Å²) >= 11 is 0. The van der Waals surface area contributed by atoms with E-state index in [9.17, 15) is 9.59 Å². The van der Waals surface area contributed by atoms with Crippen LogP contribution in [0.1, 0.15) is 33.1 Å². The van der Waals surface area contributed by atoms with Crippen LogP contribution in [0, 0.1) is 11.8 Å². The highest BCUT2D eigenvalue weighted by Crippen LogP contribution is 2.32. The van der Waals surface area contributed by atoms with Crippen LogP contribution in [0.25, 0.3) is 0 Å². The number of methoxy groups -OCH3 is 1. The molecule has 3 rings (SSSR count). The van der Waals surface area contributed by atoms with Gasteiger partial charge in [0.25, 0.3) is 0 Å². The standard InChI is InChI=1S/C21H31N3O3/c1-15(2)23-10-6-7-16(13-23)12-22-21(26)17-11-20(25)24(14-17)18-8-4-5-9-19(18)27-3/h4-5,8-9,15-17H,6-7,10-14H2,1-3H3,(H,22,26)/t16-,17+/m1/s1. The molecule has 2 atom stereocenters. The Hall–Kier alpha value is -2.08. The first-order valence-electron chi connectivity index (χ1n) is 9.94. The fraction of sp³-hybridized carbons (Fsp3) is 0.619. The maximum atomic E-state index is 12.6. The lowest BCUT2D eigenvalue weighted by Gasteiger charge is -2.35. The highest BCUT2D eigenvalue weighted by Gasteiger charge is 2.36. The van der Waals surface area contributed by atoms with Crippen LogP contribution in [0.5, 0.6) is 5.75 Å². The summed E-state index contributed by atoms with van der Waals surface area (Å²) in [5.74, 6) is 0.813. The summed E-state index contributed by atoms with van der Waals surface area (Å²) < 4.78 is 5.36. The zero-order chi connectivity index (χ0) is 19.4. The third-order valence-electron chi connectivity index (χ3n) is 5.72. The largest absolute Gasteiger partial charge is 0.495 e. The van der Waals surface area contributed by atoms with Crippen LogP contribution in [0.2, 0.25) is 0 Å². The Balaban J connectivity index is 1.55. The first-order chi connectivity index (χ1) is 13.0. The van der Waals surface area contributed by atoms with Crippen LogP contribution < -0.4 is 15.0 Å². The molecule has 1 N–H and O–H groups in total. The number of carbonyl (C=O) groups excluding carboxylic acids is 2. The lowest BCUT2D eigenvalue weighted by Crippen LogP contribution is -2.44. The molecule has 6 heteroatoms. The second-order valence-corrected chi connectivity index (χ2v) is 7.92. The van der Waals surface area contributed by atoms with Gasteiger partial charge in [-0.05, 0) is 51.3 Å². The van der Waals surface area contributed by atoms with Gasteiger partial charge in [0.15, 0.2) is 0 Å². The Kier molecular flexibility index (Phi) is 6.37. The summed E-state index contributed by atoms with van der Waals surface area (Å²) in [7, 11) is 1.59. The van der Waals surface area contributed by atoms with E-state index in [-0.39, 0.29) is 24.2 Å². The maximum absolute atomic E-state index is 12.6. The van der Waals surface area contributed by atoms with E-state index in [1.54, 1.807) is 12.0 Å². The number of anilines is 1. The zero-order valence-corrected chi connectivity index (χ0v) is 16.6. The predicted octanol–water partition coefficient (Wildman–Crippen LogP) is 2.28. The second kappa shape index (κ2) is 8.74. The number of carbonyl (C=O) groups is 2. The van der Waals surface area contributed by atoms with Gasteiger partial charge in [0.2, 0.25) is 11.8 Å². The number of rotatable bonds is 6. The molecule has 1 aromatic carbocycles. The number of piperidine rings is 1. The van der Waals surface area contributed by atoms with E-state index in [1.165, 1.54) is 6.42 Å². The molecule has 2 amide bonds. The van der Waals surface area contributed by atoms with Gasteiger partial charge < -0.3 is 19.9 Å². The number of para-hydroxylation sites is 2. The minimum atomic E-state index is -0.299. The smallest absolute Gasteiger partial charge is 0.227 e. The third kappa shape index (κ3) is 4.61. The van der Waals surface area contributed by atoms with Crippen molar-refractivity contribution in [2.75, 3.05) is 38.2 Å². The first kappa shape index (κ1) is 19.7. The van der Waals surface area contributed by atoms with Crippen LogP contribution in [0.3, 0.4) is 0 Å². The van der Waals surface area contributed by atoms with Crippen molar-refractivity contribution >= 4 is 17.5 Å². The molecule has 2 aliphatic heterocycles. The number of benzene rings is 1. The van der Waals surface area contributed by atoms with Crippen LogP contribution in [0.15, 0.2) is 24.3 Å². The van der Waals surface area contributed by atoms with Crippen LogP contribution in [0.4, 0.5) is 5.69 Å². The van der Waals surface area contributed by atoms with Crippen molar-refractivity contribution < 1.29 is 14.3 Å². The summed E-state index contributed by atoms with van der Waals surface area (Å²) in [4.78, 5) is 29.3. The first-order valence-corrected chi connectivity index (χ1v) is 9.94. The molecule has 0 unspecified atom stereocenters. The number of ether oxygens (including phenoxy) is 1. The topological polar surface area (TPSA) is 61.9 Å². The highest BCUT2D eigenvalue weighted by molar-refractivity contribution is 6.01. The molecule has 0 bridgehead atoms. The van der Waals surface area contributed by atoms with Gasteiger partial charge >= 0.3 is 0 Å². The highest BCUT2D eigenvalue weighted by atomic mass is 16.5. The minimum absolute atomic E-state index is 0.0116. The van der Waals surface area contributed by atoms with E-state index in [1.807, 2.05) is 24.3 Å². The Morgan fingerprint density at radius 2 is 2.07 bits per heavy atom. The van der Waals surface area contributed by atoms with Gasteiger partial charge in [0.05, 0.1) is 18.7 Å². The number of nitrogens with one attached hydrogen (secondary N) is 1. The molecular weight excluding hydrogens is 342 g/mol. The summed E-state index contributed by atoms with van der Waals surface area (Å²) in [5.41, 5.74) is 0.736. The van der Waals surface area contributed by atoms with Gasteiger partial charge in [-0.15, -0.1) is 0 Å². The van der Waals surface area contributed by atoms with Crippen LogP contribution in [-0.4, -0.2) is 56.0 Å². The number of nitrogens with zero attached hydrogens (tertiary/aromatic N) is 2.